The van der Waals surface area contributed by atoms with Crippen LogP contribution in [0.5, 0.6) is 5.75 Å². The molecule has 6 heteroatoms. The Kier molecular flexibility index (Phi) is 4.50. The lowest BCUT2D eigenvalue weighted by molar-refractivity contribution is -0.384. The molecule has 2 aromatic rings. The summed E-state index contributed by atoms with van der Waals surface area (Å²) in [6.07, 6.45) is 0.840. The molecule has 0 aliphatic heterocycles. The van der Waals surface area contributed by atoms with E-state index in [-0.39, 0.29) is 11.4 Å². The normalized spacial score (nSPS) is 11.0. The molecule has 0 radical (unpaired) electrons. The molecule has 0 spiro atoms. The Hall–Kier alpha value is -2.76. The summed E-state index contributed by atoms with van der Waals surface area (Å²) >= 11 is 0. The summed E-state index contributed by atoms with van der Waals surface area (Å²) in [5.74, 6) is 0.111. The Balaban J connectivity index is 2.37. The lowest BCUT2D eigenvalue weighted by atomic mass is 10.0. The number of non-ortho nitro benzene ring substituents is 1. The van der Waals surface area contributed by atoms with Crippen LogP contribution in [0.3, 0.4) is 0 Å². The number of azo groups is 1. The van der Waals surface area contributed by atoms with E-state index in [1.165, 1.54) is 24.3 Å². The van der Waals surface area contributed by atoms with Crippen molar-refractivity contribution >= 4 is 17.1 Å². The second-order valence-corrected chi connectivity index (χ2v) is 5.00. The van der Waals surface area contributed by atoms with E-state index in [0.717, 1.165) is 23.1 Å². The second kappa shape index (κ2) is 6.34. The molecule has 0 aromatic heterocycles. The average Bonchev–Trinajstić information content (AvgIpc) is 2.51. The maximum absolute atomic E-state index is 10.6. The summed E-state index contributed by atoms with van der Waals surface area (Å²) in [6.45, 7) is 5.75. The standard InChI is InChI=1S/C16H17N3O3/c1-4-12-9-10(2)16(20)15(11(12)3)18-17-13-5-7-14(8-6-13)19(21)22/h5-9,20H,4H2,1-3H3. The summed E-state index contributed by atoms with van der Waals surface area (Å²) in [4.78, 5) is 10.1. The van der Waals surface area contributed by atoms with Crippen molar-refractivity contribution in [2.24, 2.45) is 10.2 Å². The molecule has 0 atom stereocenters. The number of nitro benzene ring substituents is 1. The van der Waals surface area contributed by atoms with E-state index < -0.39 is 4.92 Å². The molecular formula is C16H17N3O3. The molecule has 2 aromatic carbocycles. The van der Waals surface area contributed by atoms with Crippen molar-refractivity contribution in [3.63, 3.8) is 0 Å². The Morgan fingerprint density at radius 2 is 1.82 bits per heavy atom. The number of aromatic hydroxyl groups is 1. The van der Waals surface area contributed by atoms with Crippen molar-refractivity contribution in [3.8, 4) is 5.75 Å². The van der Waals surface area contributed by atoms with Gasteiger partial charge in [-0.2, -0.15) is 5.11 Å². The third-order valence-electron chi connectivity index (χ3n) is 3.53. The average molecular weight is 299 g/mol. The van der Waals surface area contributed by atoms with Crippen LogP contribution in [0.15, 0.2) is 40.6 Å². The van der Waals surface area contributed by atoms with E-state index in [2.05, 4.69) is 10.2 Å². The smallest absolute Gasteiger partial charge is 0.269 e. The largest absolute Gasteiger partial charge is 0.505 e. The summed E-state index contributed by atoms with van der Waals surface area (Å²) < 4.78 is 0. The van der Waals surface area contributed by atoms with Gasteiger partial charge < -0.3 is 5.11 Å². The van der Waals surface area contributed by atoms with Crippen LogP contribution >= 0.6 is 0 Å². The van der Waals surface area contributed by atoms with Crippen LogP contribution in [0, 0.1) is 24.0 Å². The molecule has 0 aliphatic rings. The second-order valence-electron chi connectivity index (χ2n) is 5.00. The maximum atomic E-state index is 10.6. The number of nitrogens with zero attached hydrogens (tertiary/aromatic N) is 3. The van der Waals surface area contributed by atoms with Crippen LogP contribution in [0.1, 0.15) is 23.6 Å². The number of phenols is 1. The van der Waals surface area contributed by atoms with Crippen molar-refractivity contribution in [1.82, 2.24) is 0 Å². The number of benzene rings is 2. The first-order chi connectivity index (χ1) is 10.4. The van der Waals surface area contributed by atoms with Gasteiger partial charge in [0.25, 0.3) is 5.69 Å². The zero-order valence-corrected chi connectivity index (χ0v) is 12.7. The van der Waals surface area contributed by atoms with Crippen LogP contribution in [-0.2, 0) is 6.42 Å². The van der Waals surface area contributed by atoms with Crippen molar-refractivity contribution in [2.45, 2.75) is 27.2 Å². The summed E-state index contributed by atoms with van der Waals surface area (Å²) in [6, 6.07) is 7.72. The van der Waals surface area contributed by atoms with Gasteiger partial charge in [0.1, 0.15) is 11.4 Å². The zero-order chi connectivity index (χ0) is 16.3. The monoisotopic (exact) mass is 299 g/mol. The van der Waals surface area contributed by atoms with Gasteiger partial charge in [-0.15, -0.1) is 5.11 Å². The number of hydrogen-bond acceptors (Lipinski definition) is 5. The molecule has 2 rings (SSSR count). The van der Waals surface area contributed by atoms with Gasteiger partial charge in [-0.1, -0.05) is 13.0 Å². The van der Waals surface area contributed by atoms with E-state index >= 15 is 0 Å². The molecule has 0 unspecified atom stereocenters. The van der Waals surface area contributed by atoms with E-state index in [4.69, 9.17) is 0 Å². The minimum atomic E-state index is -0.467. The number of nitro groups is 1. The summed E-state index contributed by atoms with van der Waals surface area (Å²) in [5.41, 5.74) is 3.67. The van der Waals surface area contributed by atoms with Crippen molar-refractivity contribution in [3.05, 3.63) is 57.1 Å². The van der Waals surface area contributed by atoms with E-state index in [1.807, 2.05) is 26.8 Å². The van der Waals surface area contributed by atoms with E-state index in [1.54, 1.807) is 0 Å². The zero-order valence-electron chi connectivity index (χ0n) is 12.7. The Morgan fingerprint density at radius 3 is 2.36 bits per heavy atom. The Bertz CT molecular complexity index is 737. The van der Waals surface area contributed by atoms with Crippen LogP contribution in [0.2, 0.25) is 0 Å². The number of hydrogen-bond donors (Lipinski definition) is 1. The van der Waals surface area contributed by atoms with Gasteiger partial charge in [-0.05, 0) is 49.1 Å². The van der Waals surface area contributed by atoms with Gasteiger partial charge in [0.2, 0.25) is 0 Å². The predicted molar refractivity (Wildman–Crippen MR) is 84.2 cm³/mol. The van der Waals surface area contributed by atoms with Gasteiger partial charge in [0.05, 0.1) is 10.6 Å². The molecule has 0 saturated carbocycles. The van der Waals surface area contributed by atoms with Gasteiger partial charge in [0, 0.05) is 12.1 Å². The molecule has 1 N–H and O–H groups in total. The highest BCUT2D eigenvalue weighted by Crippen LogP contribution is 2.37. The highest BCUT2D eigenvalue weighted by atomic mass is 16.6. The molecule has 0 amide bonds. The van der Waals surface area contributed by atoms with Crippen LogP contribution < -0.4 is 0 Å². The Morgan fingerprint density at radius 1 is 1.18 bits per heavy atom. The molecule has 114 valence electrons. The third-order valence-corrected chi connectivity index (χ3v) is 3.53. The fourth-order valence-corrected chi connectivity index (χ4v) is 2.19. The van der Waals surface area contributed by atoms with Crippen molar-refractivity contribution in [1.29, 1.82) is 0 Å². The predicted octanol–water partition coefficient (Wildman–Crippen LogP) is 4.90. The van der Waals surface area contributed by atoms with Gasteiger partial charge >= 0.3 is 0 Å². The number of aryl methyl sites for hydroxylation is 2. The topological polar surface area (TPSA) is 88.1 Å². The minimum Gasteiger partial charge on any atom is -0.505 e. The maximum Gasteiger partial charge on any atom is 0.269 e. The lowest BCUT2D eigenvalue weighted by Crippen LogP contribution is -1.90. The SMILES string of the molecule is CCc1cc(C)c(O)c(N=Nc2ccc([N+](=O)[O-])cc2)c1C. The molecule has 0 aliphatic carbocycles. The van der Waals surface area contributed by atoms with Crippen molar-refractivity contribution in [2.75, 3.05) is 0 Å². The molecule has 0 heterocycles. The fourth-order valence-electron chi connectivity index (χ4n) is 2.19. The van der Waals surface area contributed by atoms with Crippen molar-refractivity contribution < 1.29 is 10.0 Å². The van der Waals surface area contributed by atoms with Gasteiger partial charge in [-0.3, -0.25) is 10.1 Å². The lowest BCUT2D eigenvalue weighted by Gasteiger charge is -2.10. The minimum absolute atomic E-state index is 0.00167. The summed E-state index contributed by atoms with van der Waals surface area (Å²) in [5, 5.41) is 28.9. The quantitative estimate of drug-likeness (QED) is 0.495. The molecular weight excluding hydrogens is 282 g/mol. The van der Waals surface area contributed by atoms with Gasteiger partial charge in [-0.25, -0.2) is 0 Å². The van der Waals surface area contributed by atoms with E-state index in [0.29, 0.717) is 11.4 Å². The highest BCUT2D eigenvalue weighted by Gasteiger charge is 2.11. The summed E-state index contributed by atoms with van der Waals surface area (Å²) in [7, 11) is 0. The molecule has 0 saturated heterocycles. The van der Waals surface area contributed by atoms with Gasteiger partial charge in [0.15, 0.2) is 0 Å². The first kappa shape index (κ1) is 15.6. The first-order valence-corrected chi connectivity index (χ1v) is 6.92. The van der Waals surface area contributed by atoms with Crippen LogP contribution in [-0.4, -0.2) is 10.0 Å². The number of rotatable bonds is 4. The molecule has 6 nitrogen and oxygen atoms in total. The highest BCUT2D eigenvalue weighted by molar-refractivity contribution is 5.63. The van der Waals surface area contributed by atoms with E-state index in [9.17, 15) is 15.2 Å². The molecule has 0 bridgehead atoms. The first-order valence-electron chi connectivity index (χ1n) is 6.92. The van der Waals surface area contributed by atoms with Crippen LogP contribution in [0.4, 0.5) is 17.1 Å². The number of phenolic OH excluding ortho intramolecular Hbond substituents is 1. The fraction of sp³-hybridized carbons (Fsp3) is 0.250. The Labute approximate surface area is 128 Å². The van der Waals surface area contributed by atoms with Crippen LogP contribution in [0.25, 0.3) is 0 Å². The third kappa shape index (κ3) is 3.11. The molecule has 0 fully saturated rings. The molecule has 22 heavy (non-hydrogen) atoms.